The van der Waals surface area contributed by atoms with Gasteiger partial charge in [-0.3, -0.25) is 0 Å². The highest BCUT2D eigenvalue weighted by molar-refractivity contribution is 4.95. The number of hydrogen-bond donors (Lipinski definition) is 2. The van der Waals surface area contributed by atoms with Gasteiger partial charge in [0, 0.05) is 13.0 Å². The van der Waals surface area contributed by atoms with E-state index in [4.69, 9.17) is 10.2 Å². The van der Waals surface area contributed by atoms with Crippen LogP contribution in [0.25, 0.3) is 0 Å². The zero-order chi connectivity index (χ0) is 6.57. The second kappa shape index (κ2) is 3.87. The third-order valence-electron chi connectivity index (χ3n) is 0.920. The van der Waals surface area contributed by atoms with Crippen molar-refractivity contribution >= 4 is 0 Å². The van der Waals surface area contributed by atoms with Crippen molar-refractivity contribution in [2.45, 2.75) is 20.0 Å². The molecule has 0 saturated carbocycles. The first kappa shape index (κ1) is 7.92. The Morgan fingerprint density at radius 2 is 2.12 bits per heavy atom. The minimum absolute atomic E-state index is 0.0631. The Morgan fingerprint density at radius 3 is 2.25 bits per heavy atom. The molecule has 1 atom stereocenters. The molecule has 0 saturated heterocycles. The SMILES string of the molecule is C[C](C)C(O)[CH]CO. The average molecular weight is 116 g/mol. The van der Waals surface area contributed by atoms with E-state index in [1.165, 1.54) is 6.42 Å². The zero-order valence-electron chi connectivity index (χ0n) is 5.26. The monoisotopic (exact) mass is 116 g/mol. The van der Waals surface area contributed by atoms with E-state index in [0.717, 1.165) is 5.92 Å². The van der Waals surface area contributed by atoms with E-state index in [9.17, 15) is 0 Å². The third-order valence-corrected chi connectivity index (χ3v) is 0.920. The van der Waals surface area contributed by atoms with Gasteiger partial charge in [0.1, 0.15) is 0 Å². The van der Waals surface area contributed by atoms with Gasteiger partial charge in [-0.1, -0.05) is 13.8 Å². The summed E-state index contributed by atoms with van der Waals surface area (Å²) in [6, 6.07) is 0. The summed E-state index contributed by atoms with van der Waals surface area (Å²) in [5.41, 5.74) is 0. The fourth-order valence-corrected chi connectivity index (χ4v) is 0.336. The van der Waals surface area contributed by atoms with Gasteiger partial charge in [0.05, 0.1) is 6.10 Å². The van der Waals surface area contributed by atoms with Gasteiger partial charge < -0.3 is 10.2 Å². The Balaban J connectivity index is 3.17. The topological polar surface area (TPSA) is 40.5 Å². The number of aliphatic hydroxyl groups excluding tert-OH is 2. The first-order chi connectivity index (χ1) is 3.68. The smallest absolute Gasteiger partial charge is 0.0651 e. The lowest BCUT2D eigenvalue weighted by atomic mass is 10.1. The molecule has 2 radical (unpaired) electrons. The molecule has 2 heteroatoms. The molecule has 8 heavy (non-hydrogen) atoms. The summed E-state index contributed by atoms with van der Waals surface area (Å²) in [7, 11) is 0. The molecule has 0 spiro atoms. The maximum absolute atomic E-state index is 8.87. The van der Waals surface area contributed by atoms with Crippen molar-refractivity contribution in [3.8, 4) is 0 Å². The fraction of sp³-hybridized carbons (Fsp3) is 0.667. The zero-order valence-corrected chi connectivity index (χ0v) is 5.26. The Bertz CT molecular complexity index is 52.5. The normalized spacial score (nSPS) is 14.6. The van der Waals surface area contributed by atoms with Crippen LogP contribution in [0.1, 0.15) is 13.8 Å². The summed E-state index contributed by atoms with van der Waals surface area (Å²) in [5, 5.41) is 17.1. The molecule has 0 aliphatic heterocycles. The van der Waals surface area contributed by atoms with Gasteiger partial charge in [0.25, 0.3) is 0 Å². The highest BCUT2D eigenvalue weighted by atomic mass is 16.3. The minimum atomic E-state index is -0.542. The molecule has 2 nitrogen and oxygen atoms in total. The maximum Gasteiger partial charge on any atom is 0.0651 e. The van der Waals surface area contributed by atoms with E-state index in [1.807, 2.05) is 13.8 Å². The second-order valence-electron chi connectivity index (χ2n) is 1.94. The van der Waals surface area contributed by atoms with Crippen LogP contribution in [0.5, 0.6) is 0 Å². The summed E-state index contributed by atoms with van der Waals surface area (Å²) in [6.07, 6.45) is 0.898. The highest BCUT2D eigenvalue weighted by Crippen LogP contribution is 2.04. The summed E-state index contributed by atoms with van der Waals surface area (Å²) in [6.45, 7) is 3.57. The van der Waals surface area contributed by atoms with Gasteiger partial charge in [-0.25, -0.2) is 0 Å². The second-order valence-corrected chi connectivity index (χ2v) is 1.94. The Morgan fingerprint density at radius 1 is 1.62 bits per heavy atom. The van der Waals surface area contributed by atoms with Crippen LogP contribution in [0.2, 0.25) is 0 Å². The van der Waals surface area contributed by atoms with E-state index in [0.29, 0.717) is 0 Å². The first-order valence-electron chi connectivity index (χ1n) is 2.60. The van der Waals surface area contributed by atoms with Crippen molar-refractivity contribution < 1.29 is 10.2 Å². The molecule has 48 valence electrons. The summed E-state index contributed by atoms with van der Waals surface area (Å²) >= 11 is 0. The molecular weight excluding hydrogens is 104 g/mol. The van der Waals surface area contributed by atoms with Gasteiger partial charge in [-0.05, 0) is 5.92 Å². The van der Waals surface area contributed by atoms with E-state index in [-0.39, 0.29) is 6.61 Å². The maximum atomic E-state index is 8.87. The molecule has 0 fully saturated rings. The molecular formula is C6H12O2. The molecule has 0 aromatic heterocycles. The summed E-state index contributed by atoms with van der Waals surface area (Å²) in [4.78, 5) is 0. The van der Waals surface area contributed by atoms with Crippen LogP contribution in [0, 0.1) is 12.3 Å². The predicted octanol–water partition coefficient (Wildman–Crippen LogP) is 0.158. The van der Waals surface area contributed by atoms with Gasteiger partial charge in [-0.15, -0.1) is 0 Å². The number of rotatable bonds is 3. The van der Waals surface area contributed by atoms with Gasteiger partial charge in [-0.2, -0.15) is 0 Å². The molecule has 0 amide bonds. The lowest BCUT2D eigenvalue weighted by Crippen LogP contribution is -2.14. The van der Waals surface area contributed by atoms with Crippen LogP contribution in [-0.2, 0) is 0 Å². The summed E-state index contributed by atoms with van der Waals surface area (Å²) < 4.78 is 0. The van der Waals surface area contributed by atoms with E-state index in [1.54, 1.807) is 0 Å². The van der Waals surface area contributed by atoms with Gasteiger partial charge in [0.15, 0.2) is 0 Å². The van der Waals surface area contributed by atoms with Crippen LogP contribution < -0.4 is 0 Å². The molecule has 0 aromatic rings. The van der Waals surface area contributed by atoms with E-state index in [2.05, 4.69) is 0 Å². The molecule has 0 bridgehead atoms. The van der Waals surface area contributed by atoms with Gasteiger partial charge in [0.2, 0.25) is 0 Å². The minimum Gasteiger partial charge on any atom is -0.396 e. The van der Waals surface area contributed by atoms with Crippen LogP contribution in [0.15, 0.2) is 0 Å². The summed E-state index contributed by atoms with van der Waals surface area (Å²) in [5.74, 6) is 0.902. The molecule has 0 rings (SSSR count). The Kier molecular flexibility index (Phi) is 3.83. The van der Waals surface area contributed by atoms with E-state index < -0.39 is 6.10 Å². The Hall–Kier alpha value is -0.0800. The van der Waals surface area contributed by atoms with Crippen molar-refractivity contribution in [2.75, 3.05) is 6.61 Å². The molecule has 0 aliphatic rings. The van der Waals surface area contributed by atoms with Crippen LogP contribution in [-0.4, -0.2) is 22.9 Å². The van der Waals surface area contributed by atoms with Crippen molar-refractivity contribution in [3.63, 3.8) is 0 Å². The highest BCUT2D eigenvalue weighted by Gasteiger charge is 2.07. The Labute approximate surface area is 50.2 Å². The quantitative estimate of drug-likeness (QED) is 0.551. The number of aliphatic hydroxyl groups is 2. The van der Waals surface area contributed by atoms with Crippen LogP contribution >= 0.6 is 0 Å². The molecule has 0 aromatic carbocycles. The standard InChI is InChI=1S/C6H12O2/c1-5(2)6(8)3-4-7/h3,6-8H,4H2,1-2H3. The fourth-order valence-electron chi connectivity index (χ4n) is 0.336. The van der Waals surface area contributed by atoms with Crippen molar-refractivity contribution in [1.82, 2.24) is 0 Å². The third kappa shape index (κ3) is 2.99. The lowest BCUT2D eigenvalue weighted by molar-refractivity contribution is 0.194. The molecule has 1 unspecified atom stereocenters. The van der Waals surface area contributed by atoms with Gasteiger partial charge >= 0.3 is 0 Å². The van der Waals surface area contributed by atoms with Crippen LogP contribution in [0.3, 0.4) is 0 Å². The van der Waals surface area contributed by atoms with E-state index >= 15 is 0 Å². The molecule has 0 aliphatic carbocycles. The largest absolute Gasteiger partial charge is 0.396 e. The van der Waals surface area contributed by atoms with Crippen molar-refractivity contribution in [3.05, 3.63) is 12.3 Å². The molecule has 2 N–H and O–H groups in total. The predicted molar refractivity (Wildman–Crippen MR) is 32.0 cm³/mol. The number of hydrogen-bond acceptors (Lipinski definition) is 2. The lowest BCUT2D eigenvalue weighted by Gasteiger charge is -2.10. The van der Waals surface area contributed by atoms with Crippen molar-refractivity contribution in [1.29, 1.82) is 0 Å². The average Bonchev–Trinajstić information content (AvgIpc) is 1.67. The molecule has 0 heterocycles. The van der Waals surface area contributed by atoms with Crippen molar-refractivity contribution in [2.24, 2.45) is 0 Å². The van der Waals surface area contributed by atoms with Crippen LogP contribution in [0.4, 0.5) is 0 Å². The first-order valence-corrected chi connectivity index (χ1v) is 2.60.